The lowest BCUT2D eigenvalue weighted by Crippen LogP contribution is -3.12. The Balaban J connectivity index is 1.65. The summed E-state index contributed by atoms with van der Waals surface area (Å²) in [5.74, 6) is -3.00. The number of nitrogens with one attached hydrogen (secondary N) is 1. The summed E-state index contributed by atoms with van der Waals surface area (Å²) in [5, 5.41) is -0.165. The number of fused-ring (bicyclic) bond motifs is 5. The van der Waals surface area contributed by atoms with Gasteiger partial charge in [-0.15, -0.1) is 0 Å². The molecule has 2 aromatic rings. The van der Waals surface area contributed by atoms with Gasteiger partial charge in [0.1, 0.15) is 23.7 Å². The number of carbonyl (C=O) groups is 3. The van der Waals surface area contributed by atoms with Crippen LogP contribution in [-0.4, -0.2) is 23.6 Å². The number of benzene rings is 2. The van der Waals surface area contributed by atoms with E-state index < -0.39 is 29.6 Å². The van der Waals surface area contributed by atoms with Crippen LogP contribution in [0, 0.1) is 17.7 Å². The first-order valence-corrected chi connectivity index (χ1v) is 9.75. The Hall–Kier alpha value is -2.83. The summed E-state index contributed by atoms with van der Waals surface area (Å²) in [4.78, 5) is 41.2. The van der Waals surface area contributed by atoms with E-state index in [-0.39, 0.29) is 28.4 Å². The van der Waals surface area contributed by atoms with E-state index in [2.05, 4.69) is 0 Å². The molecule has 2 saturated heterocycles. The number of rotatable bonds is 2. The molecule has 3 heterocycles. The Kier molecular flexibility index (Phi) is 3.98. The van der Waals surface area contributed by atoms with E-state index in [0.29, 0.717) is 0 Å². The van der Waals surface area contributed by atoms with Crippen LogP contribution in [0.25, 0.3) is 6.08 Å². The zero-order chi connectivity index (χ0) is 20.4. The van der Waals surface area contributed by atoms with E-state index in [1.807, 2.05) is 36.5 Å². The molecular formula is C22H17ClFN2O3+. The minimum atomic E-state index is -0.764. The normalized spacial score (nSPS) is 29.6. The summed E-state index contributed by atoms with van der Waals surface area (Å²) in [6.07, 6.45) is 3.82. The van der Waals surface area contributed by atoms with Crippen LogP contribution < -0.4 is 9.80 Å². The van der Waals surface area contributed by atoms with Gasteiger partial charge in [0.25, 0.3) is 0 Å². The Morgan fingerprint density at radius 1 is 1.10 bits per heavy atom. The van der Waals surface area contributed by atoms with Crippen LogP contribution in [0.1, 0.15) is 24.1 Å². The van der Waals surface area contributed by atoms with Crippen molar-refractivity contribution in [1.82, 2.24) is 0 Å². The van der Waals surface area contributed by atoms with Crippen LogP contribution in [-0.2, 0) is 14.4 Å². The summed E-state index contributed by atoms with van der Waals surface area (Å²) in [5.41, 5.74) is 2.15. The van der Waals surface area contributed by atoms with Gasteiger partial charge in [-0.25, -0.2) is 9.29 Å². The summed E-state index contributed by atoms with van der Waals surface area (Å²) < 4.78 is 13.6. The molecule has 7 heteroatoms. The van der Waals surface area contributed by atoms with Gasteiger partial charge in [0.15, 0.2) is 11.8 Å². The molecule has 1 unspecified atom stereocenters. The third-order valence-electron chi connectivity index (χ3n) is 6.22. The van der Waals surface area contributed by atoms with Crippen molar-refractivity contribution in [2.45, 2.75) is 19.0 Å². The molecule has 0 aliphatic carbocycles. The summed E-state index contributed by atoms with van der Waals surface area (Å²) in [7, 11) is 0. The highest BCUT2D eigenvalue weighted by Crippen LogP contribution is 2.45. The van der Waals surface area contributed by atoms with Crippen LogP contribution in [0.2, 0.25) is 5.02 Å². The third-order valence-corrected chi connectivity index (χ3v) is 6.51. The van der Waals surface area contributed by atoms with Gasteiger partial charge in [0.05, 0.1) is 16.9 Å². The average molecular weight is 412 g/mol. The number of anilines is 1. The number of amides is 2. The molecule has 0 aromatic heterocycles. The number of hydrogen-bond donors (Lipinski definition) is 1. The van der Waals surface area contributed by atoms with Gasteiger partial charge in [0.2, 0.25) is 11.8 Å². The summed E-state index contributed by atoms with van der Waals surface area (Å²) >= 11 is 5.87. The molecule has 3 aliphatic rings. The molecule has 2 aromatic carbocycles. The smallest absolute Gasteiger partial charge is 0.244 e. The van der Waals surface area contributed by atoms with E-state index in [0.717, 1.165) is 27.0 Å². The fraction of sp³-hybridized carbons (Fsp3) is 0.227. The largest absolute Gasteiger partial charge is 0.293 e. The highest BCUT2D eigenvalue weighted by molar-refractivity contribution is 6.31. The van der Waals surface area contributed by atoms with Crippen LogP contribution in [0.4, 0.5) is 10.1 Å². The van der Waals surface area contributed by atoms with Crippen molar-refractivity contribution >= 4 is 41.0 Å². The number of ketones is 1. The van der Waals surface area contributed by atoms with Crippen molar-refractivity contribution in [3.05, 3.63) is 70.6 Å². The summed E-state index contributed by atoms with van der Waals surface area (Å²) in [6, 6.07) is 10.5. The van der Waals surface area contributed by atoms with Crippen LogP contribution >= 0.6 is 11.6 Å². The predicted octanol–water partition coefficient (Wildman–Crippen LogP) is 2.17. The van der Waals surface area contributed by atoms with E-state index in [9.17, 15) is 18.8 Å². The van der Waals surface area contributed by atoms with E-state index in [4.69, 9.17) is 11.6 Å². The number of carbonyl (C=O) groups excluding carboxylic acids is 3. The first-order chi connectivity index (χ1) is 13.9. The molecule has 0 radical (unpaired) electrons. The Labute approximate surface area is 171 Å². The van der Waals surface area contributed by atoms with Gasteiger partial charge in [-0.05, 0) is 29.8 Å². The minimum absolute atomic E-state index is 0.137. The van der Waals surface area contributed by atoms with Crippen LogP contribution in [0.15, 0.2) is 48.7 Å². The predicted molar refractivity (Wildman–Crippen MR) is 105 cm³/mol. The number of imide groups is 1. The highest BCUT2D eigenvalue weighted by Gasteiger charge is 2.67. The van der Waals surface area contributed by atoms with Crippen molar-refractivity contribution < 1.29 is 23.7 Å². The fourth-order valence-electron chi connectivity index (χ4n) is 5.10. The molecule has 29 heavy (non-hydrogen) atoms. The molecule has 2 fully saturated rings. The maximum absolute atomic E-state index is 13.6. The molecule has 5 nitrogen and oxygen atoms in total. The lowest BCUT2D eigenvalue weighted by atomic mass is 9.84. The molecule has 2 amide bonds. The molecular weight excluding hydrogens is 395 g/mol. The van der Waals surface area contributed by atoms with Crippen molar-refractivity contribution in [3.8, 4) is 0 Å². The van der Waals surface area contributed by atoms with Gasteiger partial charge >= 0.3 is 0 Å². The third kappa shape index (κ3) is 2.46. The lowest BCUT2D eigenvalue weighted by molar-refractivity contribution is -0.884. The van der Waals surface area contributed by atoms with Gasteiger partial charge in [-0.1, -0.05) is 35.9 Å². The van der Waals surface area contributed by atoms with Crippen LogP contribution in [0.3, 0.4) is 0 Å². The van der Waals surface area contributed by atoms with E-state index in [1.54, 1.807) is 0 Å². The van der Waals surface area contributed by atoms with Crippen molar-refractivity contribution in [1.29, 1.82) is 0 Å². The minimum Gasteiger partial charge on any atom is -0.293 e. The molecule has 0 spiro atoms. The first kappa shape index (κ1) is 18.2. The maximum atomic E-state index is 13.6. The quantitative estimate of drug-likeness (QED) is 0.770. The summed E-state index contributed by atoms with van der Waals surface area (Å²) in [6.45, 7) is 1.46. The van der Waals surface area contributed by atoms with Gasteiger partial charge in [0, 0.05) is 12.5 Å². The number of Topliss-reactive ketones (excluding diaryl/α,β-unsaturated/α-hetero) is 1. The molecule has 0 bridgehead atoms. The zero-order valence-electron chi connectivity index (χ0n) is 15.4. The second-order valence-corrected chi connectivity index (χ2v) is 8.10. The van der Waals surface area contributed by atoms with Crippen molar-refractivity contribution in [3.63, 3.8) is 0 Å². The highest BCUT2D eigenvalue weighted by atomic mass is 35.5. The number of nitrogens with zero attached hydrogens (tertiary/aromatic N) is 1. The first-order valence-electron chi connectivity index (χ1n) is 9.37. The molecule has 1 N–H and O–H groups in total. The fourth-order valence-corrected chi connectivity index (χ4v) is 5.28. The topological polar surface area (TPSA) is 58.9 Å². The molecule has 5 rings (SSSR count). The van der Waals surface area contributed by atoms with Crippen molar-refractivity contribution in [2.24, 2.45) is 11.8 Å². The molecule has 0 saturated carbocycles. The number of hydrogen-bond acceptors (Lipinski definition) is 3. The Morgan fingerprint density at radius 3 is 2.55 bits per heavy atom. The molecule has 146 valence electrons. The monoisotopic (exact) mass is 411 g/mol. The van der Waals surface area contributed by atoms with Crippen LogP contribution in [0.5, 0.6) is 0 Å². The standard InChI is InChI=1S/C22H16ClFN2O3/c1-11(27)19-17-18(20-14-5-3-2-4-12(14)8-9-25(19)20)22(29)26(21(17)28)13-6-7-16(24)15(23)10-13/h2-10,17-20H,1H3/p+1/t17-,18+,19-,20-/m1/s1. The lowest BCUT2D eigenvalue weighted by Gasteiger charge is -2.30. The number of halogens is 2. The van der Waals surface area contributed by atoms with Gasteiger partial charge < -0.3 is 0 Å². The molecule has 5 atom stereocenters. The SMILES string of the molecule is CC(=O)[C@@H]1[C@@H]2C(=O)N(c3ccc(F)c(Cl)c3)C(=O)[C@@H]2[C@H]2c3ccccc3C=C[NH+]12. The van der Waals surface area contributed by atoms with E-state index in [1.165, 1.54) is 19.1 Å². The Bertz CT molecular complexity index is 1110. The van der Waals surface area contributed by atoms with Crippen molar-refractivity contribution in [2.75, 3.05) is 4.90 Å². The van der Waals surface area contributed by atoms with Gasteiger partial charge in [-0.2, -0.15) is 0 Å². The number of quaternary nitrogens is 1. The van der Waals surface area contributed by atoms with E-state index >= 15 is 0 Å². The second kappa shape index (κ2) is 6.34. The Morgan fingerprint density at radius 2 is 1.83 bits per heavy atom. The zero-order valence-corrected chi connectivity index (χ0v) is 16.2. The second-order valence-electron chi connectivity index (χ2n) is 7.69. The average Bonchev–Trinajstić information content (AvgIpc) is 3.17. The molecule has 3 aliphatic heterocycles. The van der Waals surface area contributed by atoms with Gasteiger partial charge in [-0.3, -0.25) is 19.3 Å². The maximum Gasteiger partial charge on any atom is 0.244 e.